The maximum Gasteiger partial charge on any atom is 0.211 e. The quantitative estimate of drug-likeness (QED) is 0.487. The normalized spacial score (nSPS) is 10.6. The van der Waals surface area contributed by atoms with Gasteiger partial charge in [0.05, 0.1) is 6.21 Å². The Bertz CT molecular complexity index is 540. The van der Waals surface area contributed by atoms with Crippen LogP contribution in [0.2, 0.25) is 0 Å². The lowest BCUT2D eigenvalue weighted by molar-refractivity contribution is 1.22. The number of aromatic nitrogens is 1. The second-order valence-corrected chi connectivity index (χ2v) is 4.32. The lowest BCUT2D eigenvalue weighted by Gasteiger charge is -1.93. The average molecular weight is 245 g/mol. The van der Waals surface area contributed by atoms with Crippen LogP contribution in [0.5, 0.6) is 0 Å². The summed E-state index contributed by atoms with van der Waals surface area (Å²) in [6.45, 7) is 0. The van der Waals surface area contributed by atoms with Crippen molar-refractivity contribution >= 4 is 23.5 Å². The van der Waals surface area contributed by atoms with Gasteiger partial charge in [0.1, 0.15) is 0 Å². The van der Waals surface area contributed by atoms with Crippen molar-refractivity contribution in [3.63, 3.8) is 0 Å². The minimum Gasteiger partial charge on any atom is -0.369 e. The van der Waals surface area contributed by atoms with Crippen LogP contribution in [-0.2, 0) is 0 Å². The van der Waals surface area contributed by atoms with E-state index in [1.54, 1.807) is 29.9 Å². The highest BCUT2D eigenvalue weighted by Crippen LogP contribution is 2.26. The van der Waals surface area contributed by atoms with E-state index in [1.807, 2.05) is 24.3 Å². The number of rotatable bonds is 3. The standard InChI is InChI=1S/C11H11N5S/c12-11(13)16-15-7-9-1-2-10(17-9)8-3-5-14-6-4-8/h1-7H,(H4,12,13,16)/b15-7+. The van der Waals surface area contributed by atoms with E-state index < -0.39 is 0 Å². The monoisotopic (exact) mass is 245 g/mol. The molecule has 0 amide bonds. The summed E-state index contributed by atoms with van der Waals surface area (Å²) in [5.41, 5.74) is 11.5. The van der Waals surface area contributed by atoms with Gasteiger partial charge in [-0.1, -0.05) is 0 Å². The fourth-order valence-corrected chi connectivity index (χ4v) is 2.13. The first-order chi connectivity index (χ1) is 8.25. The summed E-state index contributed by atoms with van der Waals surface area (Å²) in [5, 5.41) is 7.30. The second-order valence-electron chi connectivity index (χ2n) is 3.21. The van der Waals surface area contributed by atoms with E-state index in [0.29, 0.717) is 0 Å². The highest BCUT2D eigenvalue weighted by Gasteiger charge is 2.00. The molecule has 86 valence electrons. The molecule has 0 bridgehead atoms. The first-order valence-corrected chi connectivity index (χ1v) is 5.69. The minimum atomic E-state index is -0.0489. The lowest BCUT2D eigenvalue weighted by Crippen LogP contribution is -2.21. The van der Waals surface area contributed by atoms with Gasteiger partial charge in [0.15, 0.2) is 0 Å². The van der Waals surface area contributed by atoms with Crippen LogP contribution in [0.25, 0.3) is 10.4 Å². The van der Waals surface area contributed by atoms with Crippen molar-refractivity contribution in [1.82, 2.24) is 4.98 Å². The predicted octanol–water partition coefficient (Wildman–Crippen LogP) is 1.42. The Morgan fingerprint density at radius 1 is 1.18 bits per heavy atom. The van der Waals surface area contributed by atoms with Crippen LogP contribution in [0.15, 0.2) is 46.9 Å². The predicted molar refractivity (Wildman–Crippen MR) is 71.0 cm³/mol. The Morgan fingerprint density at radius 2 is 1.94 bits per heavy atom. The van der Waals surface area contributed by atoms with Gasteiger partial charge in [0, 0.05) is 22.1 Å². The van der Waals surface area contributed by atoms with E-state index in [2.05, 4.69) is 15.2 Å². The third-order valence-corrected chi connectivity index (χ3v) is 3.02. The second kappa shape index (κ2) is 5.22. The number of thiophene rings is 1. The largest absolute Gasteiger partial charge is 0.369 e. The fraction of sp³-hybridized carbons (Fsp3) is 0. The van der Waals surface area contributed by atoms with Gasteiger partial charge in [-0.3, -0.25) is 4.98 Å². The van der Waals surface area contributed by atoms with E-state index in [0.717, 1.165) is 15.3 Å². The van der Waals surface area contributed by atoms with Crippen molar-refractivity contribution in [2.24, 2.45) is 21.7 Å². The molecule has 4 N–H and O–H groups in total. The van der Waals surface area contributed by atoms with Gasteiger partial charge in [0.25, 0.3) is 0 Å². The number of pyridine rings is 1. The Morgan fingerprint density at radius 3 is 2.65 bits per heavy atom. The highest BCUT2D eigenvalue weighted by molar-refractivity contribution is 7.17. The van der Waals surface area contributed by atoms with E-state index in [9.17, 15) is 0 Å². The van der Waals surface area contributed by atoms with Crippen molar-refractivity contribution in [3.05, 3.63) is 41.5 Å². The first kappa shape index (κ1) is 11.3. The number of hydrogen-bond donors (Lipinski definition) is 2. The molecule has 0 saturated carbocycles. The molecule has 2 aromatic rings. The molecule has 2 rings (SSSR count). The number of nitrogens with zero attached hydrogens (tertiary/aromatic N) is 3. The molecule has 0 spiro atoms. The Kier molecular flexibility index (Phi) is 3.46. The summed E-state index contributed by atoms with van der Waals surface area (Å²) >= 11 is 1.61. The molecule has 0 saturated heterocycles. The third-order valence-electron chi connectivity index (χ3n) is 1.95. The van der Waals surface area contributed by atoms with E-state index >= 15 is 0 Å². The van der Waals surface area contributed by atoms with Crippen LogP contribution >= 0.6 is 11.3 Å². The number of nitrogens with two attached hydrogens (primary N) is 2. The van der Waals surface area contributed by atoms with E-state index in [4.69, 9.17) is 11.5 Å². The number of guanidine groups is 1. The summed E-state index contributed by atoms with van der Waals surface area (Å²) in [6.07, 6.45) is 5.15. The summed E-state index contributed by atoms with van der Waals surface area (Å²) in [6, 6.07) is 7.91. The molecule has 0 fully saturated rings. The smallest absolute Gasteiger partial charge is 0.211 e. The van der Waals surface area contributed by atoms with Crippen LogP contribution in [0.1, 0.15) is 4.88 Å². The zero-order valence-corrected chi connectivity index (χ0v) is 9.76. The van der Waals surface area contributed by atoms with Gasteiger partial charge >= 0.3 is 0 Å². The molecule has 0 atom stereocenters. The molecule has 0 aliphatic rings. The Hall–Kier alpha value is -2.21. The van der Waals surface area contributed by atoms with Crippen molar-refractivity contribution in [3.8, 4) is 10.4 Å². The van der Waals surface area contributed by atoms with Crippen LogP contribution in [0.3, 0.4) is 0 Å². The number of hydrogen-bond acceptors (Lipinski definition) is 4. The Balaban J connectivity index is 2.17. The summed E-state index contributed by atoms with van der Waals surface area (Å²) in [7, 11) is 0. The summed E-state index contributed by atoms with van der Waals surface area (Å²) < 4.78 is 0. The topological polar surface area (TPSA) is 89.7 Å². The highest BCUT2D eigenvalue weighted by atomic mass is 32.1. The zero-order valence-electron chi connectivity index (χ0n) is 8.95. The Labute approximate surface area is 103 Å². The molecule has 2 heterocycles. The molecule has 0 aromatic carbocycles. The summed E-state index contributed by atoms with van der Waals surface area (Å²) in [4.78, 5) is 6.12. The lowest BCUT2D eigenvalue weighted by atomic mass is 10.2. The summed E-state index contributed by atoms with van der Waals surface area (Å²) in [5.74, 6) is -0.0489. The molecule has 5 nitrogen and oxygen atoms in total. The third kappa shape index (κ3) is 3.12. The van der Waals surface area contributed by atoms with Gasteiger partial charge in [-0.2, -0.15) is 5.10 Å². The van der Waals surface area contributed by atoms with Crippen molar-refractivity contribution in [1.29, 1.82) is 0 Å². The fourth-order valence-electron chi connectivity index (χ4n) is 1.25. The average Bonchev–Trinajstić information content (AvgIpc) is 2.78. The molecular formula is C11H11N5S. The van der Waals surface area contributed by atoms with Crippen LogP contribution < -0.4 is 11.5 Å². The molecule has 2 aromatic heterocycles. The molecular weight excluding hydrogens is 234 g/mol. The SMILES string of the molecule is NC(N)=N/N=C/c1ccc(-c2ccncc2)s1. The van der Waals surface area contributed by atoms with Crippen molar-refractivity contribution in [2.75, 3.05) is 0 Å². The molecule has 0 aliphatic heterocycles. The van der Waals surface area contributed by atoms with Crippen LogP contribution in [0, 0.1) is 0 Å². The van der Waals surface area contributed by atoms with Crippen molar-refractivity contribution in [2.45, 2.75) is 0 Å². The van der Waals surface area contributed by atoms with Gasteiger partial charge in [-0.25, -0.2) is 0 Å². The molecule has 0 radical (unpaired) electrons. The van der Waals surface area contributed by atoms with Gasteiger partial charge in [-0.05, 0) is 29.8 Å². The maximum atomic E-state index is 5.16. The zero-order chi connectivity index (χ0) is 12.1. The molecule has 0 unspecified atom stereocenters. The molecule has 0 aliphatic carbocycles. The molecule has 17 heavy (non-hydrogen) atoms. The van der Waals surface area contributed by atoms with Crippen LogP contribution in [-0.4, -0.2) is 17.2 Å². The van der Waals surface area contributed by atoms with Gasteiger partial charge in [-0.15, -0.1) is 16.4 Å². The van der Waals surface area contributed by atoms with Crippen molar-refractivity contribution < 1.29 is 0 Å². The maximum absolute atomic E-state index is 5.16. The van der Waals surface area contributed by atoms with Gasteiger partial charge < -0.3 is 11.5 Å². The molecule has 6 heteroatoms. The van der Waals surface area contributed by atoms with E-state index in [-0.39, 0.29) is 5.96 Å². The first-order valence-electron chi connectivity index (χ1n) is 4.88. The van der Waals surface area contributed by atoms with E-state index in [1.165, 1.54) is 0 Å². The minimum absolute atomic E-state index is 0.0489. The van der Waals surface area contributed by atoms with Crippen LogP contribution in [0.4, 0.5) is 0 Å². The van der Waals surface area contributed by atoms with Gasteiger partial charge in [0.2, 0.25) is 5.96 Å².